The fourth-order valence-corrected chi connectivity index (χ4v) is 4.06. The third-order valence-corrected chi connectivity index (χ3v) is 5.62. The molecule has 0 N–H and O–H groups in total. The van der Waals surface area contributed by atoms with E-state index in [0.717, 1.165) is 34.8 Å². The van der Waals surface area contributed by atoms with Crippen LogP contribution in [0.15, 0.2) is 90.6 Å². The van der Waals surface area contributed by atoms with Crippen LogP contribution >= 0.6 is 0 Å². The molecule has 0 spiro atoms. The van der Waals surface area contributed by atoms with Crippen molar-refractivity contribution in [1.82, 2.24) is 5.01 Å². The lowest BCUT2D eigenvalue weighted by Gasteiger charge is -2.38. The Morgan fingerprint density at radius 2 is 1.83 bits per heavy atom. The summed E-state index contributed by atoms with van der Waals surface area (Å²) in [4.78, 5) is 0. The number of ether oxygens (including phenoxy) is 2. The van der Waals surface area contributed by atoms with Gasteiger partial charge in [-0.05, 0) is 42.8 Å². The van der Waals surface area contributed by atoms with Crippen molar-refractivity contribution in [2.24, 2.45) is 5.10 Å². The van der Waals surface area contributed by atoms with Gasteiger partial charge in [0.15, 0.2) is 0 Å². The average molecular weight is 396 g/mol. The Hall–Kier alpha value is -3.53. The van der Waals surface area contributed by atoms with Gasteiger partial charge < -0.3 is 9.47 Å². The molecule has 4 nitrogen and oxygen atoms in total. The summed E-state index contributed by atoms with van der Waals surface area (Å²) in [6, 6.07) is 25.1. The van der Waals surface area contributed by atoms with Crippen LogP contribution in [0.5, 0.6) is 11.5 Å². The van der Waals surface area contributed by atoms with Gasteiger partial charge in [0.25, 0.3) is 0 Å². The van der Waals surface area contributed by atoms with Gasteiger partial charge in [-0.3, -0.25) is 0 Å². The lowest BCUT2D eigenvalue weighted by Crippen LogP contribution is -2.33. The average Bonchev–Trinajstić information content (AvgIpc) is 3.24. The first kappa shape index (κ1) is 18.5. The molecule has 2 aliphatic rings. The first-order chi connectivity index (χ1) is 14.7. The molecule has 0 radical (unpaired) electrons. The molecule has 5 rings (SSSR count). The number of aryl methyl sites for hydroxylation is 1. The minimum atomic E-state index is -0.238. The number of hydrogen-bond donors (Lipinski definition) is 0. The molecule has 0 saturated carbocycles. The summed E-state index contributed by atoms with van der Waals surface area (Å²) in [6.07, 6.45) is 2.35. The Balaban J connectivity index is 1.49. The van der Waals surface area contributed by atoms with Gasteiger partial charge in [0, 0.05) is 17.5 Å². The Kier molecular flexibility index (Phi) is 4.75. The molecule has 30 heavy (non-hydrogen) atoms. The quantitative estimate of drug-likeness (QED) is 0.511. The number of benzene rings is 3. The number of hydrogen-bond acceptors (Lipinski definition) is 4. The predicted octanol–water partition coefficient (Wildman–Crippen LogP) is 5.80. The third kappa shape index (κ3) is 3.35. The third-order valence-electron chi connectivity index (χ3n) is 5.62. The minimum Gasteiger partial charge on any atom is -0.490 e. The molecule has 0 fully saturated rings. The molecule has 4 heteroatoms. The second kappa shape index (κ2) is 7.71. The highest BCUT2D eigenvalue weighted by atomic mass is 16.5. The molecule has 2 aliphatic heterocycles. The van der Waals surface area contributed by atoms with Gasteiger partial charge in [0.05, 0.1) is 11.8 Å². The Morgan fingerprint density at radius 3 is 2.60 bits per heavy atom. The highest BCUT2D eigenvalue weighted by Crippen LogP contribution is 2.47. The van der Waals surface area contributed by atoms with Gasteiger partial charge in [-0.25, -0.2) is 5.01 Å². The van der Waals surface area contributed by atoms with Crippen LogP contribution in [0.2, 0.25) is 0 Å². The second-order valence-electron chi connectivity index (χ2n) is 7.69. The van der Waals surface area contributed by atoms with E-state index in [2.05, 4.69) is 73.1 Å². The fraction of sp³-hybridized carbons (Fsp3) is 0.192. The summed E-state index contributed by atoms with van der Waals surface area (Å²) < 4.78 is 12.0. The first-order valence-corrected chi connectivity index (χ1v) is 10.2. The SMILES string of the molecule is C=CCOc1ccc(C2=NN3[C@@H](c4ccc(C)cc4)Oc4ccccc4[C@@H]3C2)cc1. The summed E-state index contributed by atoms with van der Waals surface area (Å²) in [7, 11) is 0. The van der Waals surface area contributed by atoms with Gasteiger partial charge in [-0.2, -0.15) is 5.10 Å². The maximum atomic E-state index is 6.41. The maximum absolute atomic E-state index is 6.41. The van der Waals surface area contributed by atoms with E-state index in [1.165, 1.54) is 11.1 Å². The van der Waals surface area contributed by atoms with E-state index in [9.17, 15) is 0 Å². The van der Waals surface area contributed by atoms with Crippen LogP contribution in [0.1, 0.15) is 40.9 Å². The van der Waals surface area contributed by atoms with Crippen molar-refractivity contribution in [1.29, 1.82) is 0 Å². The van der Waals surface area contributed by atoms with Crippen molar-refractivity contribution in [3.8, 4) is 11.5 Å². The van der Waals surface area contributed by atoms with Gasteiger partial charge >= 0.3 is 0 Å². The van der Waals surface area contributed by atoms with E-state index in [1.54, 1.807) is 6.08 Å². The minimum absolute atomic E-state index is 0.160. The highest BCUT2D eigenvalue weighted by Gasteiger charge is 2.40. The van der Waals surface area contributed by atoms with E-state index >= 15 is 0 Å². The molecule has 0 bridgehead atoms. The lowest BCUT2D eigenvalue weighted by molar-refractivity contribution is -0.0190. The zero-order chi connectivity index (χ0) is 20.5. The Morgan fingerprint density at radius 1 is 1.07 bits per heavy atom. The van der Waals surface area contributed by atoms with Gasteiger partial charge in [0.2, 0.25) is 6.23 Å². The molecular formula is C26H24N2O2. The number of para-hydroxylation sites is 1. The van der Waals surface area contributed by atoms with Crippen LogP contribution in [0.25, 0.3) is 0 Å². The number of hydrazone groups is 1. The van der Waals surface area contributed by atoms with E-state index in [-0.39, 0.29) is 12.3 Å². The Labute approximate surface area is 177 Å². The molecule has 3 aromatic carbocycles. The lowest BCUT2D eigenvalue weighted by atomic mass is 9.96. The molecule has 0 saturated heterocycles. The molecular weight excluding hydrogens is 372 g/mol. The summed E-state index contributed by atoms with van der Waals surface area (Å²) in [5.41, 5.74) is 5.70. The molecule has 0 aliphatic carbocycles. The predicted molar refractivity (Wildman–Crippen MR) is 119 cm³/mol. The summed E-state index contributed by atoms with van der Waals surface area (Å²) in [5, 5.41) is 7.13. The van der Waals surface area contributed by atoms with Gasteiger partial charge in [-0.15, -0.1) is 0 Å². The van der Waals surface area contributed by atoms with Crippen molar-refractivity contribution in [3.05, 3.63) is 108 Å². The Bertz CT molecular complexity index is 1090. The molecule has 0 aromatic heterocycles. The van der Waals surface area contributed by atoms with Crippen LogP contribution in [-0.4, -0.2) is 17.3 Å². The molecule has 3 aromatic rings. The van der Waals surface area contributed by atoms with Crippen LogP contribution in [0, 0.1) is 6.92 Å². The number of fused-ring (bicyclic) bond motifs is 3. The normalized spacial score (nSPS) is 19.4. The maximum Gasteiger partial charge on any atom is 0.213 e. The molecule has 0 unspecified atom stereocenters. The first-order valence-electron chi connectivity index (χ1n) is 10.2. The van der Waals surface area contributed by atoms with Gasteiger partial charge in [-0.1, -0.05) is 60.7 Å². The monoisotopic (exact) mass is 396 g/mol. The zero-order valence-electron chi connectivity index (χ0n) is 17.0. The van der Waals surface area contributed by atoms with Crippen LogP contribution in [0.3, 0.4) is 0 Å². The zero-order valence-corrected chi connectivity index (χ0v) is 17.0. The summed E-state index contributed by atoms with van der Waals surface area (Å²) >= 11 is 0. The molecule has 150 valence electrons. The van der Waals surface area contributed by atoms with Crippen molar-refractivity contribution < 1.29 is 9.47 Å². The molecule has 2 atom stereocenters. The van der Waals surface area contributed by atoms with Gasteiger partial charge in [0.1, 0.15) is 18.1 Å². The summed E-state index contributed by atoms with van der Waals surface area (Å²) in [5.74, 6) is 1.77. The van der Waals surface area contributed by atoms with Crippen LogP contribution in [-0.2, 0) is 0 Å². The van der Waals surface area contributed by atoms with Crippen molar-refractivity contribution in [2.45, 2.75) is 25.6 Å². The fourth-order valence-electron chi connectivity index (χ4n) is 4.06. The van der Waals surface area contributed by atoms with Crippen LogP contribution in [0.4, 0.5) is 0 Å². The van der Waals surface area contributed by atoms with E-state index < -0.39 is 0 Å². The van der Waals surface area contributed by atoms with Crippen molar-refractivity contribution in [2.75, 3.05) is 6.61 Å². The van der Waals surface area contributed by atoms with E-state index in [4.69, 9.17) is 14.6 Å². The molecule has 2 heterocycles. The largest absolute Gasteiger partial charge is 0.490 e. The topological polar surface area (TPSA) is 34.1 Å². The van der Waals surface area contributed by atoms with E-state index in [0.29, 0.717) is 6.61 Å². The van der Waals surface area contributed by atoms with Crippen LogP contribution < -0.4 is 9.47 Å². The molecule has 0 amide bonds. The smallest absolute Gasteiger partial charge is 0.213 e. The summed E-state index contributed by atoms with van der Waals surface area (Å²) in [6.45, 7) is 6.29. The van der Waals surface area contributed by atoms with E-state index in [1.807, 2.05) is 18.2 Å². The van der Waals surface area contributed by atoms with Crippen molar-refractivity contribution >= 4 is 5.71 Å². The highest BCUT2D eigenvalue weighted by molar-refractivity contribution is 6.02. The number of rotatable bonds is 5. The van der Waals surface area contributed by atoms with Crippen molar-refractivity contribution in [3.63, 3.8) is 0 Å². The standard InChI is InChI=1S/C26H24N2O2/c1-3-16-29-21-14-12-19(13-15-21)23-17-24-22-6-4-5-7-25(22)30-26(28(24)27-23)20-10-8-18(2)9-11-20/h3-15,24,26H,1,16-17H2,2H3/t24-,26+/m0/s1. The number of nitrogens with zero attached hydrogens (tertiary/aromatic N) is 2. The second-order valence-corrected chi connectivity index (χ2v) is 7.69.